The van der Waals surface area contributed by atoms with E-state index < -0.39 is 6.09 Å². The molecule has 110 valence electrons. The van der Waals surface area contributed by atoms with Crippen LogP contribution in [0.3, 0.4) is 0 Å². The quantitative estimate of drug-likeness (QED) is 0.864. The molecule has 0 aliphatic carbocycles. The third kappa shape index (κ3) is 5.18. The lowest BCUT2D eigenvalue weighted by atomic mass is 10.2. The van der Waals surface area contributed by atoms with Crippen molar-refractivity contribution in [3.8, 4) is 5.75 Å². The Hall–Kier alpha value is -2.49. The van der Waals surface area contributed by atoms with Gasteiger partial charge in [-0.2, -0.15) is 0 Å². The molecule has 0 saturated heterocycles. The van der Waals surface area contributed by atoms with E-state index in [2.05, 4.69) is 5.32 Å². The van der Waals surface area contributed by atoms with E-state index in [-0.39, 0.29) is 0 Å². The Labute approximate surface area is 124 Å². The number of hydrogen-bond donors (Lipinski definition) is 1. The summed E-state index contributed by atoms with van der Waals surface area (Å²) in [4.78, 5) is 11.4. The second-order valence-corrected chi connectivity index (χ2v) is 4.56. The van der Waals surface area contributed by atoms with Crippen molar-refractivity contribution in [3.05, 3.63) is 60.2 Å². The molecule has 0 aromatic heterocycles. The summed E-state index contributed by atoms with van der Waals surface area (Å²) in [5.74, 6) is 0.756. The zero-order valence-corrected chi connectivity index (χ0v) is 12.0. The minimum absolute atomic E-state index is 0.421. The molecule has 1 amide bonds. The molecule has 4 nitrogen and oxygen atoms in total. The molecule has 0 aliphatic rings. The van der Waals surface area contributed by atoms with E-state index in [1.807, 2.05) is 49.4 Å². The molecular weight excluding hydrogens is 266 g/mol. The van der Waals surface area contributed by atoms with Crippen LogP contribution in [0.25, 0.3) is 0 Å². The third-order valence-electron chi connectivity index (χ3n) is 2.79. The number of nitrogens with one attached hydrogen (secondary N) is 1. The van der Waals surface area contributed by atoms with Crippen LogP contribution < -0.4 is 10.1 Å². The molecule has 0 radical (unpaired) electrons. The number of hydrogen-bond acceptors (Lipinski definition) is 3. The lowest BCUT2D eigenvalue weighted by Gasteiger charge is -2.08. The molecule has 0 unspecified atom stereocenters. The minimum Gasteiger partial charge on any atom is -0.489 e. The van der Waals surface area contributed by atoms with Crippen molar-refractivity contribution in [3.63, 3.8) is 0 Å². The molecule has 0 spiro atoms. The maximum absolute atomic E-state index is 11.4. The zero-order valence-electron chi connectivity index (χ0n) is 12.0. The fraction of sp³-hybridized carbons (Fsp3) is 0.235. The molecule has 0 aliphatic heterocycles. The lowest BCUT2D eigenvalue weighted by molar-refractivity contribution is 0.161. The molecule has 0 heterocycles. The van der Waals surface area contributed by atoms with E-state index in [0.717, 1.165) is 17.7 Å². The Balaban J connectivity index is 1.83. The van der Waals surface area contributed by atoms with Crippen molar-refractivity contribution >= 4 is 11.8 Å². The van der Waals surface area contributed by atoms with E-state index >= 15 is 0 Å². The topological polar surface area (TPSA) is 47.6 Å². The van der Waals surface area contributed by atoms with Gasteiger partial charge < -0.3 is 9.47 Å². The Morgan fingerprint density at radius 2 is 1.76 bits per heavy atom. The van der Waals surface area contributed by atoms with Crippen LogP contribution >= 0.6 is 0 Å². The second-order valence-electron chi connectivity index (χ2n) is 4.56. The largest absolute Gasteiger partial charge is 0.489 e. The van der Waals surface area contributed by atoms with Gasteiger partial charge in [-0.3, -0.25) is 5.32 Å². The molecule has 4 heteroatoms. The van der Waals surface area contributed by atoms with Crippen molar-refractivity contribution in [2.24, 2.45) is 0 Å². The molecule has 2 aromatic rings. The summed E-state index contributed by atoms with van der Waals surface area (Å²) in [6.45, 7) is 2.89. The van der Waals surface area contributed by atoms with Crippen molar-refractivity contribution in [2.45, 2.75) is 20.0 Å². The van der Waals surface area contributed by atoms with Gasteiger partial charge in [0.05, 0.1) is 6.61 Å². The molecule has 0 atom stereocenters. The van der Waals surface area contributed by atoms with Crippen LogP contribution in [0.5, 0.6) is 5.75 Å². The smallest absolute Gasteiger partial charge is 0.411 e. The van der Waals surface area contributed by atoms with Gasteiger partial charge in [-0.15, -0.1) is 0 Å². The fourth-order valence-electron chi connectivity index (χ4n) is 1.72. The van der Waals surface area contributed by atoms with Gasteiger partial charge in [-0.25, -0.2) is 4.79 Å². The van der Waals surface area contributed by atoms with Gasteiger partial charge in [0, 0.05) is 5.69 Å². The zero-order chi connectivity index (χ0) is 14.9. The average molecular weight is 285 g/mol. The standard InChI is InChI=1S/C17H19NO3/c1-2-12-20-17(19)18-15-8-10-16(11-9-15)21-13-14-6-4-3-5-7-14/h3-11H,2,12-13H2,1H3,(H,18,19). The SMILES string of the molecule is CCCOC(=O)Nc1ccc(OCc2ccccc2)cc1. The Bertz CT molecular complexity index is 552. The highest BCUT2D eigenvalue weighted by atomic mass is 16.5. The van der Waals surface area contributed by atoms with Crippen LogP contribution in [0.2, 0.25) is 0 Å². The van der Waals surface area contributed by atoms with Gasteiger partial charge in [-0.05, 0) is 36.2 Å². The third-order valence-corrected chi connectivity index (χ3v) is 2.79. The second kappa shape index (κ2) is 7.94. The lowest BCUT2D eigenvalue weighted by Crippen LogP contribution is -2.13. The van der Waals surface area contributed by atoms with E-state index in [1.54, 1.807) is 12.1 Å². The molecule has 0 fully saturated rings. The first-order valence-electron chi connectivity index (χ1n) is 6.98. The predicted molar refractivity (Wildman–Crippen MR) is 82.5 cm³/mol. The highest BCUT2D eigenvalue weighted by Crippen LogP contribution is 2.17. The summed E-state index contributed by atoms with van der Waals surface area (Å²) in [6, 6.07) is 17.2. The van der Waals surface area contributed by atoms with Gasteiger partial charge in [-0.1, -0.05) is 37.3 Å². The van der Waals surface area contributed by atoms with Gasteiger partial charge in [0.1, 0.15) is 12.4 Å². The Morgan fingerprint density at radius 3 is 2.43 bits per heavy atom. The Morgan fingerprint density at radius 1 is 1.05 bits per heavy atom. The summed E-state index contributed by atoms with van der Waals surface area (Å²) in [5.41, 5.74) is 1.80. The summed E-state index contributed by atoms with van der Waals surface area (Å²) in [7, 11) is 0. The number of amides is 1. The van der Waals surface area contributed by atoms with Crippen molar-refractivity contribution < 1.29 is 14.3 Å². The highest BCUT2D eigenvalue weighted by Gasteiger charge is 2.02. The molecule has 2 rings (SSSR count). The number of ether oxygens (including phenoxy) is 2. The van der Waals surface area contributed by atoms with Crippen molar-refractivity contribution in [1.82, 2.24) is 0 Å². The van der Waals surface area contributed by atoms with E-state index in [1.165, 1.54) is 0 Å². The number of anilines is 1. The van der Waals surface area contributed by atoms with Crippen molar-refractivity contribution in [1.29, 1.82) is 0 Å². The van der Waals surface area contributed by atoms with Gasteiger partial charge in [0.25, 0.3) is 0 Å². The van der Waals surface area contributed by atoms with Crippen molar-refractivity contribution in [2.75, 3.05) is 11.9 Å². The molecule has 21 heavy (non-hydrogen) atoms. The van der Waals surface area contributed by atoms with Gasteiger partial charge >= 0.3 is 6.09 Å². The maximum atomic E-state index is 11.4. The van der Waals surface area contributed by atoms with Gasteiger partial charge in [0.15, 0.2) is 0 Å². The highest BCUT2D eigenvalue weighted by molar-refractivity contribution is 5.84. The summed E-state index contributed by atoms with van der Waals surface area (Å²) < 4.78 is 10.6. The molecule has 0 bridgehead atoms. The number of rotatable bonds is 6. The van der Waals surface area contributed by atoms with E-state index in [0.29, 0.717) is 18.9 Å². The number of carbonyl (C=O) groups excluding carboxylic acids is 1. The summed E-state index contributed by atoms with van der Waals surface area (Å²) in [6.07, 6.45) is 0.370. The maximum Gasteiger partial charge on any atom is 0.411 e. The minimum atomic E-state index is -0.435. The first kappa shape index (κ1) is 14.9. The van der Waals surface area contributed by atoms with Crippen LogP contribution in [0.1, 0.15) is 18.9 Å². The fourth-order valence-corrected chi connectivity index (χ4v) is 1.72. The molecule has 0 saturated carbocycles. The summed E-state index contributed by atoms with van der Waals surface area (Å²) >= 11 is 0. The predicted octanol–water partition coefficient (Wildman–Crippen LogP) is 4.22. The van der Waals surface area contributed by atoms with E-state index in [9.17, 15) is 4.79 Å². The average Bonchev–Trinajstić information content (AvgIpc) is 2.53. The Kier molecular flexibility index (Phi) is 5.64. The van der Waals surface area contributed by atoms with Crippen LogP contribution in [0.15, 0.2) is 54.6 Å². The molecular formula is C17H19NO3. The monoisotopic (exact) mass is 285 g/mol. The normalized spacial score (nSPS) is 9.95. The molecule has 1 N–H and O–H groups in total. The molecule has 2 aromatic carbocycles. The van der Waals surface area contributed by atoms with Gasteiger partial charge in [0.2, 0.25) is 0 Å². The van der Waals surface area contributed by atoms with Crippen LogP contribution in [-0.2, 0) is 11.3 Å². The first-order chi connectivity index (χ1) is 10.3. The number of benzene rings is 2. The summed E-state index contributed by atoms with van der Waals surface area (Å²) in [5, 5.41) is 2.66. The van der Waals surface area contributed by atoms with Crippen LogP contribution in [0, 0.1) is 0 Å². The van der Waals surface area contributed by atoms with Crippen LogP contribution in [-0.4, -0.2) is 12.7 Å². The first-order valence-corrected chi connectivity index (χ1v) is 6.98. The van der Waals surface area contributed by atoms with Crippen LogP contribution in [0.4, 0.5) is 10.5 Å². The van der Waals surface area contributed by atoms with E-state index in [4.69, 9.17) is 9.47 Å². The number of carbonyl (C=O) groups is 1.